The molecule has 1 aromatic carbocycles. The van der Waals surface area contributed by atoms with Crippen molar-refractivity contribution < 1.29 is 19.0 Å². The van der Waals surface area contributed by atoms with Gasteiger partial charge in [0.05, 0.1) is 12.1 Å². The first-order valence-corrected chi connectivity index (χ1v) is 7.97. The second-order valence-electron chi connectivity index (χ2n) is 5.96. The van der Waals surface area contributed by atoms with Crippen LogP contribution in [0.5, 0.6) is 5.75 Å². The molecular formula is C17H19FN2O4. The molecule has 3 rings (SSSR count). The summed E-state index contributed by atoms with van der Waals surface area (Å²) < 4.78 is 21.4. The molecule has 7 heteroatoms. The molecule has 0 amide bonds. The number of rotatable bonds is 7. The second-order valence-corrected chi connectivity index (χ2v) is 5.96. The topological polar surface area (TPSA) is 94.6 Å². The smallest absolute Gasteiger partial charge is 0.341 e. The van der Waals surface area contributed by atoms with Gasteiger partial charge in [-0.2, -0.15) is 0 Å². The predicted octanol–water partition coefficient (Wildman–Crippen LogP) is 2.29. The summed E-state index contributed by atoms with van der Waals surface area (Å²) in [6.45, 7) is 0.878. The van der Waals surface area contributed by atoms with Crippen LogP contribution in [0, 0.1) is 5.82 Å². The highest BCUT2D eigenvalue weighted by Gasteiger charge is 2.27. The fraction of sp³-hybridized carbons (Fsp3) is 0.412. The molecular weight excluding hydrogens is 315 g/mol. The van der Waals surface area contributed by atoms with E-state index < -0.39 is 17.2 Å². The van der Waals surface area contributed by atoms with Crippen molar-refractivity contribution in [1.29, 1.82) is 0 Å². The number of aromatic carboxylic acids is 1. The third-order valence-corrected chi connectivity index (χ3v) is 4.11. The number of fused-ring (bicyclic) bond motifs is 1. The number of ether oxygens (including phenoxy) is 1. The summed E-state index contributed by atoms with van der Waals surface area (Å²) in [5.74, 6) is -1.91. The zero-order valence-corrected chi connectivity index (χ0v) is 13.1. The van der Waals surface area contributed by atoms with E-state index in [0.717, 1.165) is 25.3 Å². The number of carbonyl (C=O) groups is 1. The van der Waals surface area contributed by atoms with Crippen molar-refractivity contribution >= 4 is 16.9 Å². The van der Waals surface area contributed by atoms with Crippen LogP contribution in [0.1, 0.15) is 42.1 Å². The molecule has 0 atom stereocenters. The largest absolute Gasteiger partial charge is 0.490 e. The Morgan fingerprint density at radius 2 is 2.12 bits per heavy atom. The van der Waals surface area contributed by atoms with Gasteiger partial charge in [-0.1, -0.05) is 0 Å². The lowest BCUT2D eigenvalue weighted by Crippen LogP contribution is -2.19. The lowest BCUT2D eigenvalue weighted by Gasteiger charge is -2.14. The van der Waals surface area contributed by atoms with Crippen molar-refractivity contribution in [3.05, 3.63) is 39.9 Å². The van der Waals surface area contributed by atoms with Crippen molar-refractivity contribution in [2.45, 2.75) is 31.7 Å². The first kappa shape index (κ1) is 16.4. The SMILES string of the molecule is NCCCCOc1cc2c(cc1F)c(=O)c(C(=O)O)cn2C1CC1. The summed E-state index contributed by atoms with van der Waals surface area (Å²) in [6, 6.07) is 2.70. The minimum atomic E-state index is -1.31. The third-order valence-electron chi connectivity index (χ3n) is 4.11. The lowest BCUT2D eigenvalue weighted by molar-refractivity contribution is 0.0695. The van der Waals surface area contributed by atoms with Crippen molar-refractivity contribution in [3.63, 3.8) is 0 Å². The minimum Gasteiger partial charge on any atom is -0.490 e. The summed E-state index contributed by atoms with van der Waals surface area (Å²) in [5, 5.41) is 9.26. The summed E-state index contributed by atoms with van der Waals surface area (Å²) >= 11 is 0. The van der Waals surface area contributed by atoms with E-state index in [1.165, 1.54) is 12.3 Å². The van der Waals surface area contributed by atoms with Crippen molar-refractivity contribution in [3.8, 4) is 5.75 Å². The minimum absolute atomic E-state index is 0.0635. The van der Waals surface area contributed by atoms with E-state index in [9.17, 15) is 19.1 Å². The molecule has 0 spiro atoms. The molecule has 2 aromatic rings. The fourth-order valence-electron chi connectivity index (χ4n) is 2.70. The van der Waals surface area contributed by atoms with Gasteiger partial charge in [0.2, 0.25) is 5.43 Å². The van der Waals surface area contributed by atoms with E-state index in [1.807, 2.05) is 0 Å². The van der Waals surface area contributed by atoms with Crippen LogP contribution in [0.15, 0.2) is 23.1 Å². The van der Waals surface area contributed by atoms with Gasteiger partial charge in [-0.3, -0.25) is 4.79 Å². The lowest BCUT2D eigenvalue weighted by atomic mass is 10.1. The Morgan fingerprint density at radius 3 is 2.75 bits per heavy atom. The predicted molar refractivity (Wildman–Crippen MR) is 87.2 cm³/mol. The van der Waals surface area contributed by atoms with Gasteiger partial charge in [0.1, 0.15) is 5.56 Å². The molecule has 1 aromatic heterocycles. The molecule has 0 saturated heterocycles. The number of unbranched alkanes of at least 4 members (excludes halogenated alkanes) is 1. The molecule has 1 aliphatic rings. The van der Waals surface area contributed by atoms with E-state index in [1.54, 1.807) is 4.57 Å². The number of hydrogen-bond donors (Lipinski definition) is 2. The maximum Gasteiger partial charge on any atom is 0.341 e. The molecule has 1 fully saturated rings. The maximum atomic E-state index is 14.2. The first-order chi connectivity index (χ1) is 11.5. The molecule has 1 saturated carbocycles. The van der Waals surface area contributed by atoms with E-state index in [-0.39, 0.29) is 22.7 Å². The Kier molecular flexibility index (Phi) is 4.53. The van der Waals surface area contributed by atoms with Gasteiger partial charge in [0.15, 0.2) is 11.6 Å². The molecule has 128 valence electrons. The second kappa shape index (κ2) is 6.60. The van der Waals surface area contributed by atoms with E-state index in [0.29, 0.717) is 25.1 Å². The van der Waals surface area contributed by atoms with Gasteiger partial charge in [0.25, 0.3) is 0 Å². The number of nitrogens with zero attached hydrogens (tertiary/aromatic N) is 1. The monoisotopic (exact) mass is 334 g/mol. The van der Waals surface area contributed by atoms with E-state index in [2.05, 4.69) is 0 Å². The zero-order chi connectivity index (χ0) is 17.3. The number of pyridine rings is 1. The Morgan fingerprint density at radius 1 is 1.38 bits per heavy atom. The Hall–Kier alpha value is -2.41. The number of carboxylic acid groups (broad SMARTS) is 1. The molecule has 3 N–H and O–H groups in total. The van der Waals surface area contributed by atoms with Crippen LogP contribution in [0.3, 0.4) is 0 Å². The quantitative estimate of drug-likeness (QED) is 0.758. The van der Waals surface area contributed by atoms with Crippen LogP contribution >= 0.6 is 0 Å². The van der Waals surface area contributed by atoms with Crippen LogP contribution in [0.2, 0.25) is 0 Å². The average molecular weight is 334 g/mol. The summed E-state index contributed by atoms with van der Waals surface area (Å²) in [6.07, 6.45) is 4.65. The van der Waals surface area contributed by atoms with Gasteiger partial charge >= 0.3 is 5.97 Å². The Labute approximate surface area is 137 Å². The third kappa shape index (κ3) is 3.12. The number of carboxylic acids is 1. The Balaban J connectivity index is 2.07. The van der Waals surface area contributed by atoms with Gasteiger partial charge < -0.3 is 20.1 Å². The van der Waals surface area contributed by atoms with Crippen LogP contribution < -0.4 is 15.9 Å². The first-order valence-electron chi connectivity index (χ1n) is 7.97. The number of aromatic nitrogens is 1. The van der Waals surface area contributed by atoms with Crippen molar-refractivity contribution in [2.24, 2.45) is 5.73 Å². The van der Waals surface area contributed by atoms with Gasteiger partial charge in [-0.05, 0) is 38.3 Å². The van der Waals surface area contributed by atoms with Gasteiger partial charge in [-0.25, -0.2) is 9.18 Å². The summed E-state index contributed by atoms with van der Waals surface area (Å²) in [4.78, 5) is 23.6. The van der Waals surface area contributed by atoms with Gasteiger partial charge in [-0.15, -0.1) is 0 Å². The molecule has 1 aliphatic carbocycles. The Bertz CT molecular complexity index is 843. The number of benzene rings is 1. The fourth-order valence-corrected chi connectivity index (χ4v) is 2.70. The molecule has 6 nitrogen and oxygen atoms in total. The molecule has 24 heavy (non-hydrogen) atoms. The van der Waals surface area contributed by atoms with Crippen LogP contribution in [0.4, 0.5) is 4.39 Å². The van der Waals surface area contributed by atoms with Crippen molar-refractivity contribution in [2.75, 3.05) is 13.2 Å². The molecule has 0 radical (unpaired) electrons. The number of hydrogen-bond acceptors (Lipinski definition) is 4. The molecule has 1 heterocycles. The highest BCUT2D eigenvalue weighted by molar-refractivity contribution is 5.93. The molecule has 0 bridgehead atoms. The number of nitrogens with two attached hydrogens (primary N) is 1. The highest BCUT2D eigenvalue weighted by Crippen LogP contribution is 2.38. The molecule has 0 unspecified atom stereocenters. The van der Waals surface area contributed by atoms with Crippen LogP contribution in [-0.2, 0) is 0 Å². The summed E-state index contributed by atoms with van der Waals surface area (Å²) in [5.41, 5.74) is 4.89. The normalized spacial score (nSPS) is 14.1. The van der Waals surface area contributed by atoms with Crippen LogP contribution in [-0.4, -0.2) is 28.8 Å². The maximum absolute atomic E-state index is 14.2. The zero-order valence-electron chi connectivity index (χ0n) is 13.1. The van der Waals surface area contributed by atoms with Gasteiger partial charge in [0, 0.05) is 23.7 Å². The molecule has 0 aliphatic heterocycles. The van der Waals surface area contributed by atoms with Crippen LogP contribution in [0.25, 0.3) is 10.9 Å². The standard InChI is InChI=1S/C17H19FN2O4/c18-13-7-11-14(8-15(13)24-6-2-1-5-19)20(10-3-4-10)9-12(16(11)21)17(22)23/h7-10H,1-6,19H2,(H,22,23). The van der Waals surface area contributed by atoms with Crippen molar-refractivity contribution in [1.82, 2.24) is 4.57 Å². The van der Waals surface area contributed by atoms with E-state index >= 15 is 0 Å². The summed E-state index contributed by atoms with van der Waals surface area (Å²) in [7, 11) is 0. The highest BCUT2D eigenvalue weighted by atomic mass is 19.1. The average Bonchev–Trinajstić information content (AvgIpc) is 3.37. The van der Waals surface area contributed by atoms with E-state index in [4.69, 9.17) is 10.5 Å². The number of halogens is 1.